The fourth-order valence-electron chi connectivity index (χ4n) is 1.70. The standard InChI is InChI=1S/C11H8N2/c1-2-4-9-8(3-1)5-6-11-10(9)7-12-13-11/h1-7H,(H,12,13). The summed E-state index contributed by atoms with van der Waals surface area (Å²) in [5, 5.41) is 10.7. The van der Waals surface area contributed by atoms with Gasteiger partial charge in [0, 0.05) is 5.39 Å². The van der Waals surface area contributed by atoms with Gasteiger partial charge in [-0.1, -0.05) is 30.3 Å². The largest absolute Gasteiger partial charge is 0.278 e. The monoisotopic (exact) mass is 168 g/mol. The van der Waals surface area contributed by atoms with Crippen molar-refractivity contribution in [2.75, 3.05) is 0 Å². The van der Waals surface area contributed by atoms with Crippen LogP contribution in [0.25, 0.3) is 21.7 Å². The summed E-state index contributed by atoms with van der Waals surface area (Å²) in [5.74, 6) is 0. The maximum Gasteiger partial charge on any atom is 0.0656 e. The summed E-state index contributed by atoms with van der Waals surface area (Å²) >= 11 is 0. The molecule has 0 fully saturated rings. The van der Waals surface area contributed by atoms with E-state index in [2.05, 4.69) is 40.5 Å². The molecule has 62 valence electrons. The molecule has 2 aromatic carbocycles. The Morgan fingerprint density at radius 1 is 0.923 bits per heavy atom. The van der Waals surface area contributed by atoms with Crippen molar-refractivity contribution in [2.24, 2.45) is 0 Å². The van der Waals surface area contributed by atoms with E-state index in [0.717, 1.165) is 5.52 Å². The van der Waals surface area contributed by atoms with Crippen LogP contribution in [-0.2, 0) is 0 Å². The van der Waals surface area contributed by atoms with Crippen molar-refractivity contribution < 1.29 is 0 Å². The predicted molar refractivity (Wildman–Crippen MR) is 53.6 cm³/mol. The van der Waals surface area contributed by atoms with E-state index in [1.54, 1.807) is 0 Å². The molecule has 1 aromatic heterocycles. The molecule has 2 heteroatoms. The molecule has 0 radical (unpaired) electrons. The molecule has 1 N–H and O–H groups in total. The molecule has 2 nitrogen and oxygen atoms in total. The van der Waals surface area contributed by atoms with E-state index < -0.39 is 0 Å². The lowest BCUT2D eigenvalue weighted by Crippen LogP contribution is -1.72. The summed E-state index contributed by atoms with van der Waals surface area (Å²) in [6.07, 6.45) is 1.87. The Morgan fingerprint density at radius 2 is 1.85 bits per heavy atom. The van der Waals surface area contributed by atoms with Gasteiger partial charge in [0.05, 0.1) is 11.7 Å². The van der Waals surface area contributed by atoms with E-state index in [9.17, 15) is 0 Å². The molecule has 0 aliphatic rings. The third-order valence-corrected chi connectivity index (χ3v) is 2.35. The number of aromatic nitrogens is 2. The molecule has 0 bridgehead atoms. The molecule has 3 aromatic rings. The number of hydrogen-bond donors (Lipinski definition) is 1. The second-order valence-corrected chi connectivity index (χ2v) is 3.12. The van der Waals surface area contributed by atoms with Gasteiger partial charge in [0.25, 0.3) is 0 Å². The lowest BCUT2D eigenvalue weighted by atomic mass is 10.1. The van der Waals surface area contributed by atoms with Gasteiger partial charge in [0.15, 0.2) is 0 Å². The molecule has 0 saturated heterocycles. The van der Waals surface area contributed by atoms with Gasteiger partial charge in [-0.2, -0.15) is 5.10 Å². The average Bonchev–Trinajstić information content (AvgIpc) is 2.65. The molecule has 0 amide bonds. The quantitative estimate of drug-likeness (QED) is 0.549. The molecule has 0 atom stereocenters. The van der Waals surface area contributed by atoms with E-state index >= 15 is 0 Å². The summed E-state index contributed by atoms with van der Waals surface area (Å²) in [6, 6.07) is 12.5. The first-order chi connectivity index (χ1) is 6.45. The van der Waals surface area contributed by atoms with Crippen LogP contribution >= 0.6 is 0 Å². The zero-order valence-electron chi connectivity index (χ0n) is 6.99. The highest BCUT2D eigenvalue weighted by Gasteiger charge is 1.99. The number of H-pyrrole nitrogens is 1. The van der Waals surface area contributed by atoms with Crippen LogP contribution in [0, 0.1) is 0 Å². The predicted octanol–water partition coefficient (Wildman–Crippen LogP) is 2.72. The second kappa shape index (κ2) is 2.33. The zero-order valence-corrected chi connectivity index (χ0v) is 6.99. The van der Waals surface area contributed by atoms with Crippen molar-refractivity contribution in [3.8, 4) is 0 Å². The van der Waals surface area contributed by atoms with Crippen molar-refractivity contribution in [1.82, 2.24) is 10.2 Å². The molecular formula is C11H8N2. The smallest absolute Gasteiger partial charge is 0.0656 e. The number of aromatic amines is 1. The summed E-state index contributed by atoms with van der Waals surface area (Å²) in [4.78, 5) is 0. The summed E-state index contributed by atoms with van der Waals surface area (Å²) < 4.78 is 0. The third kappa shape index (κ3) is 0.855. The van der Waals surface area contributed by atoms with Crippen molar-refractivity contribution >= 4 is 21.7 Å². The number of fused-ring (bicyclic) bond motifs is 3. The third-order valence-electron chi connectivity index (χ3n) is 2.35. The first kappa shape index (κ1) is 6.66. The molecule has 0 saturated carbocycles. The van der Waals surface area contributed by atoms with Crippen molar-refractivity contribution in [1.29, 1.82) is 0 Å². The maximum absolute atomic E-state index is 4.03. The van der Waals surface area contributed by atoms with Gasteiger partial charge in [-0.15, -0.1) is 0 Å². The van der Waals surface area contributed by atoms with Gasteiger partial charge in [-0.05, 0) is 16.8 Å². The normalized spacial score (nSPS) is 11.1. The Kier molecular flexibility index (Phi) is 1.19. The fourth-order valence-corrected chi connectivity index (χ4v) is 1.70. The Hall–Kier alpha value is -1.83. The summed E-state index contributed by atoms with van der Waals surface area (Å²) in [6.45, 7) is 0. The van der Waals surface area contributed by atoms with Crippen LogP contribution in [0.3, 0.4) is 0 Å². The lowest BCUT2D eigenvalue weighted by Gasteiger charge is -1.96. The Balaban J connectivity index is 2.65. The van der Waals surface area contributed by atoms with E-state index in [0.29, 0.717) is 0 Å². The van der Waals surface area contributed by atoms with Gasteiger partial charge in [0.1, 0.15) is 0 Å². The van der Waals surface area contributed by atoms with Crippen LogP contribution in [0.2, 0.25) is 0 Å². The average molecular weight is 168 g/mol. The van der Waals surface area contributed by atoms with E-state index in [4.69, 9.17) is 0 Å². The van der Waals surface area contributed by atoms with Crippen LogP contribution in [0.1, 0.15) is 0 Å². The van der Waals surface area contributed by atoms with Crippen molar-refractivity contribution in [3.05, 3.63) is 42.6 Å². The molecule has 0 spiro atoms. The highest BCUT2D eigenvalue weighted by molar-refractivity contribution is 6.05. The van der Waals surface area contributed by atoms with Crippen LogP contribution in [0.15, 0.2) is 42.6 Å². The highest BCUT2D eigenvalue weighted by atomic mass is 15.1. The van der Waals surface area contributed by atoms with Gasteiger partial charge in [-0.3, -0.25) is 5.10 Å². The number of benzene rings is 2. The lowest BCUT2D eigenvalue weighted by molar-refractivity contribution is 1.12. The number of hydrogen-bond acceptors (Lipinski definition) is 1. The van der Waals surface area contributed by atoms with Crippen LogP contribution in [0.5, 0.6) is 0 Å². The molecule has 0 aliphatic heterocycles. The minimum atomic E-state index is 1.10. The van der Waals surface area contributed by atoms with Crippen LogP contribution in [0.4, 0.5) is 0 Å². The SMILES string of the molecule is c1ccc2c(c1)ccc1[nH]ncc12. The van der Waals surface area contributed by atoms with E-state index in [1.807, 2.05) is 12.3 Å². The summed E-state index contributed by atoms with van der Waals surface area (Å²) in [5.41, 5.74) is 1.10. The zero-order chi connectivity index (χ0) is 8.67. The molecule has 0 unspecified atom stereocenters. The second-order valence-electron chi connectivity index (χ2n) is 3.12. The van der Waals surface area contributed by atoms with Crippen molar-refractivity contribution in [3.63, 3.8) is 0 Å². The molecule has 1 heterocycles. The van der Waals surface area contributed by atoms with Gasteiger partial charge < -0.3 is 0 Å². The Labute approximate surface area is 75.2 Å². The maximum atomic E-state index is 4.03. The number of nitrogens with one attached hydrogen (secondary N) is 1. The minimum absolute atomic E-state index is 1.10. The fraction of sp³-hybridized carbons (Fsp3) is 0. The Bertz CT molecular complexity index is 566. The van der Waals surface area contributed by atoms with Crippen LogP contribution < -0.4 is 0 Å². The molecule has 3 rings (SSSR count). The minimum Gasteiger partial charge on any atom is -0.278 e. The first-order valence-corrected chi connectivity index (χ1v) is 4.26. The topological polar surface area (TPSA) is 28.7 Å². The number of rotatable bonds is 0. The van der Waals surface area contributed by atoms with Gasteiger partial charge in [-0.25, -0.2) is 0 Å². The van der Waals surface area contributed by atoms with Gasteiger partial charge in [0.2, 0.25) is 0 Å². The molecular weight excluding hydrogens is 160 g/mol. The summed E-state index contributed by atoms with van der Waals surface area (Å²) in [7, 11) is 0. The Morgan fingerprint density at radius 3 is 2.85 bits per heavy atom. The van der Waals surface area contributed by atoms with E-state index in [1.165, 1.54) is 16.2 Å². The van der Waals surface area contributed by atoms with Crippen molar-refractivity contribution in [2.45, 2.75) is 0 Å². The highest BCUT2D eigenvalue weighted by Crippen LogP contribution is 2.22. The molecule has 0 aliphatic carbocycles. The van der Waals surface area contributed by atoms with Crippen LogP contribution in [-0.4, -0.2) is 10.2 Å². The van der Waals surface area contributed by atoms with E-state index in [-0.39, 0.29) is 0 Å². The molecule has 13 heavy (non-hydrogen) atoms. The van der Waals surface area contributed by atoms with Gasteiger partial charge >= 0.3 is 0 Å². The number of nitrogens with zero attached hydrogens (tertiary/aromatic N) is 1. The first-order valence-electron chi connectivity index (χ1n) is 4.26.